The van der Waals surface area contributed by atoms with Crippen molar-refractivity contribution in [3.8, 4) is 0 Å². The minimum Gasteiger partial charge on any atom is -0.206 e. The van der Waals surface area contributed by atoms with Crippen LogP contribution in [0.15, 0.2) is 21.7 Å². The number of hydrogen-bond donors (Lipinski definition) is 0. The van der Waals surface area contributed by atoms with Crippen molar-refractivity contribution in [3.05, 3.63) is 17.5 Å². The smallest absolute Gasteiger partial charge is 0.206 e. The number of thiophene rings is 1. The highest BCUT2D eigenvalue weighted by Crippen LogP contribution is 2.30. The topological polar surface area (TPSA) is 37.4 Å². The van der Waals surface area contributed by atoms with Gasteiger partial charge in [0.25, 0.3) is 10.0 Å². The van der Waals surface area contributed by atoms with Crippen LogP contribution in [-0.4, -0.2) is 30.6 Å². The molecule has 1 unspecified atom stereocenters. The van der Waals surface area contributed by atoms with Gasteiger partial charge in [0, 0.05) is 17.9 Å². The minimum absolute atomic E-state index is 0.194. The maximum Gasteiger partial charge on any atom is 0.252 e. The number of halogens is 1. The van der Waals surface area contributed by atoms with Crippen molar-refractivity contribution in [2.45, 2.75) is 35.9 Å². The average Bonchev–Trinajstić information content (AvgIpc) is 2.97. The Morgan fingerprint density at radius 3 is 3.00 bits per heavy atom. The summed E-state index contributed by atoms with van der Waals surface area (Å²) in [7, 11) is -3.24. The van der Waals surface area contributed by atoms with Crippen LogP contribution in [0, 0.1) is 0 Å². The second kappa shape index (κ2) is 5.82. The number of nitrogens with zero attached hydrogens (tertiary/aromatic N) is 1. The zero-order valence-corrected chi connectivity index (χ0v) is 12.7. The molecule has 0 spiro atoms. The van der Waals surface area contributed by atoms with Crippen LogP contribution in [-0.2, 0) is 10.0 Å². The Hall–Kier alpha value is 0.0900. The van der Waals surface area contributed by atoms with Crippen LogP contribution in [0.4, 0.5) is 0 Å². The van der Waals surface area contributed by atoms with E-state index in [9.17, 15) is 8.42 Å². The molecule has 96 valence electrons. The van der Waals surface area contributed by atoms with Gasteiger partial charge in [-0.25, -0.2) is 8.42 Å². The molecule has 2 rings (SSSR count). The second-order valence-corrected chi connectivity index (χ2v) is 8.03. The van der Waals surface area contributed by atoms with E-state index in [0.29, 0.717) is 10.8 Å². The van der Waals surface area contributed by atoms with Crippen molar-refractivity contribution in [1.82, 2.24) is 4.31 Å². The normalized spacial score (nSPS) is 22.1. The fraction of sp³-hybridized carbons (Fsp3) is 0.636. The maximum absolute atomic E-state index is 12.4. The number of alkyl halides is 1. The van der Waals surface area contributed by atoms with Crippen molar-refractivity contribution in [3.63, 3.8) is 0 Å². The molecule has 1 atom stereocenters. The summed E-state index contributed by atoms with van der Waals surface area (Å²) < 4.78 is 27.0. The third-order valence-corrected chi connectivity index (χ3v) is 6.94. The number of rotatable bonds is 5. The molecule has 0 bridgehead atoms. The zero-order chi connectivity index (χ0) is 12.3. The van der Waals surface area contributed by atoms with Gasteiger partial charge in [0.1, 0.15) is 4.21 Å². The van der Waals surface area contributed by atoms with Crippen molar-refractivity contribution in [2.24, 2.45) is 0 Å². The lowest BCUT2D eigenvalue weighted by molar-refractivity contribution is 0.370. The Morgan fingerprint density at radius 1 is 1.53 bits per heavy atom. The lowest BCUT2D eigenvalue weighted by atomic mass is 10.1. The van der Waals surface area contributed by atoms with Crippen molar-refractivity contribution < 1.29 is 8.42 Å². The lowest BCUT2D eigenvalue weighted by Gasteiger charge is -2.23. The number of hydrogen-bond acceptors (Lipinski definition) is 3. The first-order chi connectivity index (χ1) is 8.16. The van der Waals surface area contributed by atoms with Gasteiger partial charge in [0.15, 0.2) is 0 Å². The van der Waals surface area contributed by atoms with Crippen LogP contribution in [0.2, 0.25) is 0 Å². The molecule has 1 aliphatic heterocycles. The van der Waals surface area contributed by atoms with E-state index in [1.807, 2.05) is 5.38 Å². The fourth-order valence-electron chi connectivity index (χ4n) is 2.25. The Bertz CT molecular complexity index is 444. The molecule has 2 heterocycles. The minimum atomic E-state index is -3.24. The van der Waals surface area contributed by atoms with Crippen LogP contribution in [0.1, 0.15) is 25.7 Å². The first-order valence-electron chi connectivity index (χ1n) is 5.77. The Morgan fingerprint density at radius 2 is 2.35 bits per heavy atom. The van der Waals surface area contributed by atoms with Crippen molar-refractivity contribution in [1.29, 1.82) is 0 Å². The molecular formula is C11H16BrNO2S2. The van der Waals surface area contributed by atoms with Crippen LogP contribution in [0.5, 0.6) is 0 Å². The molecule has 0 aromatic carbocycles. The predicted molar refractivity (Wildman–Crippen MR) is 74.3 cm³/mol. The highest BCUT2D eigenvalue weighted by Gasteiger charge is 2.35. The van der Waals surface area contributed by atoms with Crippen molar-refractivity contribution in [2.75, 3.05) is 11.9 Å². The van der Waals surface area contributed by atoms with E-state index in [0.717, 1.165) is 31.0 Å². The Balaban J connectivity index is 2.15. The van der Waals surface area contributed by atoms with E-state index in [-0.39, 0.29) is 6.04 Å². The molecule has 0 amide bonds. The van der Waals surface area contributed by atoms with E-state index >= 15 is 0 Å². The van der Waals surface area contributed by atoms with Gasteiger partial charge in [0.2, 0.25) is 0 Å². The van der Waals surface area contributed by atoms with Crippen LogP contribution < -0.4 is 0 Å². The molecule has 1 fully saturated rings. The van der Waals surface area contributed by atoms with Gasteiger partial charge < -0.3 is 0 Å². The third kappa shape index (κ3) is 2.92. The summed E-state index contributed by atoms with van der Waals surface area (Å²) in [6.45, 7) is 0.674. The molecule has 0 N–H and O–H groups in total. The molecule has 17 heavy (non-hydrogen) atoms. The molecule has 0 aliphatic carbocycles. The van der Waals surface area contributed by atoms with E-state index in [1.54, 1.807) is 16.4 Å². The fourth-order valence-corrected chi connectivity index (χ4v) is 5.42. The predicted octanol–water partition coefficient (Wildman–Crippen LogP) is 3.08. The van der Waals surface area contributed by atoms with E-state index < -0.39 is 10.0 Å². The summed E-state index contributed by atoms with van der Waals surface area (Å²) in [5.41, 5.74) is 0. The summed E-state index contributed by atoms with van der Waals surface area (Å²) in [5, 5.41) is 2.76. The third-order valence-electron chi connectivity index (χ3n) is 3.05. The largest absolute Gasteiger partial charge is 0.252 e. The Labute approximate surface area is 115 Å². The van der Waals surface area contributed by atoms with E-state index in [4.69, 9.17) is 0 Å². The molecule has 1 aromatic heterocycles. The van der Waals surface area contributed by atoms with Gasteiger partial charge >= 0.3 is 0 Å². The molecule has 0 radical (unpaired) electrons. The summed E-state index contributed by atoms with van der Waals surface area (Å²) >= 11 is 4.70. The van der Waals surface area contributed by atoms with Crippen LogP contribution in [0.25, 0.3) is 0 Å². The highest BCUT2D eigenvalue weighted by molar-refractivity contribution is 9.09. The van der Waals surface area contributed by atoms with Gasteiger partial charge in [-0.15, -0.1) is 11.3 Å². The lowest BCUT2D eigenvalue weighted by Crippen LogP contribution is -2.35. The van der Waals surface area contributed by atoms with Crippen LogP contribution >= 0.6 is 27.3 Å². The molecule has 6 heteroatoms. The quantitative estimate of drug-likeness (QED) is 0.774. The monoisotopic (exact) mass is 337 g/mol. The summed E-state index contributed by atoms with van der Waals surface area (Å²) in [4.78, 5) is 0. The molecular weight excluding hydrogens is 322 g/mol. The van der Waals surface area contributed by atoms with Crippen molar-refractivity contribution >= 4 is 37.3 Å². The second-order valence-electron chi connectivity index (χ2n) is 4.18. The molecule has 1 saturated heterocycles. The SMILES string of the molecule is O=S(=O)(c1cccs1)N1CCCC1CCCBr. The first kappa shape index (κ1) is 13.5. The average molecular weight is 338 g/mol. The molecule has 1 aliphatic rings. The highest BCUT2D eigenvalue weighted by atomic mass is 79.9. The summed E-state index contributed by atoms with van der Waals surface area (Å²) in [5.74, 6) is 0. The van der Waals surface area contributed by atoms with Gasteiger partial charge in [0.05, 0.1) is 0 Å². The van der Waals surface area contributed by atoms with Crippen LogP contribution in [0.3, 0.4) is 0 Å². The van der Waals surface area contributed by atoms with E-state index in [2.05, 4.69) is 15.9 Å². The van der Waals surface area contributed by atoms with Gasteiger partial charge in [-0.3, -0.25) is 0 Å². The summed E-state index contributed by atoms with van der Waals surface area (Å²) in [6, 6.07) is 3.68. The number of sulfonamides is 1. The summed E-state index contributed by atoms with van der Waals surface area (Å²) in [6.07, 6.45) is 3.96. The zero-order valence-electron chi connectivity index (χ0n) is 9.51. The standard InChI is InChI=1S/C11H16BrNO2S2/c12-7-1-4-10-5-2-8-13(10)17(14,15)11-6-3-9-16-11/h3,6,9-10H,1-2,4-5,7-8H2. The maximum atomic E-state index is 12.4. The first-order valence-corrected chi connectivity index (χ1v) is 9.21. The Kier molecular flexibility index (Phi) is 4.63. The van der Waals surface area contributed by atoms with E-state index in [1.165, 1.54) is 11.3 Å². The van der Waals surface area contributed by atoms with Gasteiger partial charge in [-0.2, -0.15) is 4.31 Å². The van der Waals surface area contributed by atoms with Gasteiger partial charge in [-0.1, -0.05) is 22.0 Å². The van der Waals surface area contributed by atoms with Gasteiger partial charge in [-0.05, 0) is 37.1 Å². The molecule has 0 saturated carbocycles. The molecule has 3 nitrogen and oxygen atoms in total. The molecule has 1 aromatic rings.